The molecule has 1 atom stereocenters. The third kappa shape index (κ3) is 3.68. The fourth-order valence-electron chi connectivity index (χ4n) is 1.72. The summed E-state index contributed by atoms with van der Waals surface area (Å²) in [4.78, 5) is 11.8. The number of amides is 1. The number of nitrogens with two attached hydrogens (primary N) is 1. The molecule has 1 aliphatic rings. The Morgan fingerprint density at radius 2 is 2.00 bits per heavy atom. The second kappa shape index (κ2) is 5.98. The van der Waals surface area contributed by atoms with E-state index in [1.807, 2.05) is 0 Å². The Hall–Kier alpha value is -1.13. The standard InChI is InChI=1S/C12H15FN2O.ClH/c13-10-5-3-9(4-6-10)12(16)15-11(7-14)8-1-2-8;/h3-6,8,11H,1-2,7,14H2,(H,15,16);1H. The Morgan fingerprint density at radius 3 is 2.47 bits per heavy atom. The third-order valence-electron chi connectivity index (χ3n) is 2.87. The molecule has 5 heteroatoms. The molecule has 0 radical (unpaired) electrons. The summed E-state index contributed by atoms with van der Waals surface area (Å²) in [6.07, 6.45) is 2.26. The summed E-state index contributed by atoms with van der Waals surface area (Å²) in [7, 11) is 0. The van der Waals surface area contributed by atoms with Crippen molar-refractivity contribution in [3.05, 3.63) is 35.6 Å². The summed E-state index contributed by atoms with van der Waals surface area (Å²) < 4.78 is 12.7. The maximum Gasteiger partial charge on any atom is 0.251 e. The van der Waals surface area contributed by atoms with Crippen molar-refractivity contribution in [2.45, 2.75) is 18.9 Å². The number of carbonyl (C=O) groups excluding carboxylic acids is 1. The molecule has 1 aromatic carbocycles. The molecule has 3 nitrogen and oxygen atoms in total. The Labute approximate surface area is 106 Å². The van der Waals surface area contributed by atoms with E-state index in [2.05, 4.69) is 5.32 Å². The topological polar surface area (TPSA) is 55.1 Å². The number of rotatable bonds is 4. The SMILES string of the molecule is Cl.NCC(NC(=O)c1ccc(F)cc1)C1CC1. The summed E-state index contributed by atoms with van der Waals surface area (Å²) in [6, 6.07) is 5.57. The molecule has 0 aliphatic heterocycles. The fourth-order valence-corrected chi connectivity index (χ4v) is 1.72. The number of halogens is 2. The second-order valence-electron chi connectivity index (χ2n) is 4.16. The first-order valence-corrected chi connectivity index (χ1v) is 5.47. The van der Waals surface area contributed by atoms with E-state index in [1.165, 1.54) is 24.3 Å². The van der Waals surface area contributed by atoms with Crippen LogP contribution >= 0.6 is 12.4 Å². The van der Waals surface area contributed by atoms with Gasteiger partial charge >= 0.3 is 0 Å². The average Bonchev–Trinajstić information content (AvgIpc) is 3.10. The monoisotopic (exact) mass is 258 g/mol. The van der Waals surface area contributed by atoms with E-state index in [1.54, 1.807) is 0 Å². The highest BCUT2D eigenvalue weighted by molar-refractivity contribution is 5.94. The van der Waals surface area contributed by atoms with Gasteiger partial charge in [0.15, 0.2) is 0 Å². The molecule has 0 heterocycles. The molecular weight excluding hydrogens is 243 g/mol. The van der Waals surface area contributed by atoms with Crippen LogP contribution in [0.3, 0.4) is 0 Å². The highest BCUT2D eigenvalue weighted by Gasteiger charge is 2.31. The van der Waals surface area contributed by atoms with Gasteiger partial charge in [0.2, 0.25) is 0 Å². The highest BCUT2D eigenvalue weighted by atomic mass is 35.5. The van der Waals surface area contributed by atoms with Crippen LogP contribution in [0.2, 0.25) is 0 Å². The van der Waals surface area contributed by atoms with Crippen LogP contribution in [0.4, 0.5) is 4.39 Å². The number of hydrogen-bond acceptors (Lipinski definition) is 2. The molecule has 17 heavy (non-hydrogen) atoms. The molecule has 3 N–H and O–H groups in total. The van der Waals surface area contributed by atoms with Crippen molar-refractivity contribution in [1.82, 2.24) is 5.32 Å². The van der Waals surface area contributed by atoms with Gasteiger partial charge in [-0.25, -0.2) is 4.39 Å². The first kappa shape index (κ1) is 13.9. The Morgan fingerprint density at radius 1 is 1.41 bits per heavy atom. The van der Waals surface area contributed by atoms with Gasteiger partial charge in [0.05, 0.1) is 0 Å². The van der Waals surface area contributed by atoms with Crippen LogP contribution in [0.1, 0.15) is 23.2 Å². The number of benzene rings is 1. The predicted molar refractivity (Wildman–Crippen MR) is 66.7 cm³/mol. The van der Waals surface area contributed by atoms with Crippen LogP contribution in [0.15, 0.2) is 24.3 Å². The molecule has 1 aliphatic carbocycles. The van der Waals surface area contributed by atoms with Crippen molar-refractivity contribution in [2.24, 2.45) is 11.7 Å². The largest absolute Gasteiger partial charge is 0.348 e. The fraction of sp³-hybridized carbons (Fsp3) is 0.417. The zero-order valence-corrected chi connectivity index (χ0v) is 10.2. The first-order chi connectivity index (χ1) is 7.70. The molecule has 1 aromatic rings. The van der Waals surface area contributed by atoms with Crippen molar-refractivity contribution < 1.29 is 9.18 Å². The quantitative estimate of drug-likeness (QED) is 0.864. The Kier molecular flexibility index (Phi) is 4.90. The summed E-state index contributed by atoms with van der Waals surface area (Å²) in [6.45, 7) is 0.456. The van der Waals surface area contributed by atoms with Gasteiger partial charge in [-0.1, -0.05) is 0 Å². The first-order valence-electron chi connectivity index (χ1n) is 5.47. The Bertz CT molecular complexity index is 379. The molecule has 0 spiro atoms. The molecule has 1 fully saturated rings. The van der Waals surface area contributed by atoms with Gasteiger partial charge in [-0.3, -0.25) is 4.79 Å². The molecule has 0 saturated heterocycles. The molecule has 0 aromatic heterocycles. The highest BCUT2D eigenvalue weighted by Crippen LogP contribution is 2.32. The lowest BCUT2D eigenvalue weighted by atomic mass is 10.1. The Balaban J connectivity index is 0.00000144. The third-order valence-corrected chi connectivity index (χ3v) is 2.87. The number of carbonyl (C=O) groups is 1. The number of nitrogens with one attached hydrogen (secondary N) is 1. The lowest BCUT2D eigenvalue weighted by Gasteiger charge is -2.15. The zero-order valence-electron chi connectivity index (χ0n) is 9.36. The van der Waals surface area contributed by atoms with Crippen molar-refractivity contribution in [1.29, 1.82) is 0 Å². The van der Waals surface area contributed by atoms with Gasteiger partial charge in [-0.2, -0.15) is 0 Å². The summed E-state index contributed by atoms with van der Waals surface area (Å²) in [5.74, 6) is 0.00543. The predicted octanol–water partition coefficient (Wildman–Crippen LogP) is 1.71. The van der Waals surface area contributed by atoms with Crippen LogP contribution < -0.4 is 11.1 Å². The summed E-state index contributed by atoms with van der Waals surface area (Å²) >= 11 is 0. The lowest BCUT2D eigenvalue weighted by molar-refractivity contribution is 0.0933. The van der Waals surface area contributed by atoms with Crippen LogP contribution in [0.5, 0.6) is 0 Å². The normalized spacial score (nSPS) is 15.9. The van der Waals surface area contributed by atoms with Crippen molar-refractivity contribution in [3.8, 4) is 0 Å². The van der Waals surface area contributed by atoms with E-state index in [0.29, 0.717) is 18.0 Å². The van der Waals surface area contributed by atoms with Crippen LogP contribution in [0.25, 0.3) is 0 Å². The summed E-state index contributed by atoms with van der Waals surface area (Å²) in [5, 5.41) is 2.88. The van der Waals surface area contributed by atoms with Crippen molar-refractivity contribution >= 4 is 18.3 Å². The maximum atomic E-state index is 12.7. The van der Waals surface area contributed by atoms with Gasteiger partial charge in [-0.05, 0) is 43.0 Å². The molecule has 1 amide bonds. The minimum absolute atomic E-state index is 0. The van der Waals surface area contributed by atoms with Gasteiger partial charge in [0, 0.05) is 18.2 Å². The minimum atomic E-state index is -0.339. The molecule has 94 valence electrons. The van der Waals surface area contributed by atoms with E-state index >= 15 is 0 Å². The van der Waals surface area contributed by atoms with Crippen molar-refractivity contribution in [2.75, 3.05) is 6.54 Å². The molecule has 1 saturated carbocycles. The van der Waals surface area contributed by atoms with E-state index < -0.39 is 0 Å². The van der Waals surface area contributed by atoms with E-state index in [-0.39, 0.29) is 30.2 Å². The zero-order chi connectivity index (χ0) is 11.5. The van der Waals surface area contributed by atoms with Crippen molar-refractivity contribution in [3.63, 3.8) is 0 Å². The second-order valence-corrected chi connectivity index (χ2v) is 4.16. The molecule has 1 unspecified atom stereocenters. The average molecular weight is 259 g/mol. The smallest absolute Gasteiger partial charge is 0.251 e. The van der Waals surface area contributed by atoms with E-state index in [0.717, 1.165) is 12.8 Å². The van der Waals surface area contributed by atoms with Crippen LogP contribution in [-0.2, 0) is 0 Å². The maximum absolute atomic E-state index is 12.7. The van der Waals surface area contributed by atoms with E-state index in [9.17, 15) is 9.18 Å². The van der Waals surface area contributed by atoms with Gasteiger partial charge < -0.3 is 11.1 Å². The van der Waals surface area contributed by atoms with Gasteiger partial charge in [-0.15, -0.1) is 12.4 Å². The molecular formula is C12H16ClFN2O. The van der Waals surface area contributed by atoms with Crippen LogP contribution in [0, 0.1) is 11.7 Å². The van der Waals surface area contributed by atoms with Gasteiger partial charge in [0.1, 0.15) is 5.82 Å². The van der Waals surface area contributed by atoms with E-state index in [4.69, 9.17) is 5.73 Å². The lowest BCUT2D eigenvalue weighted by Crippen LogP contribution is -2.41. The molecule has 0 bridgehead atoms. The summed E-state index contributed by atoms with van der Waals surface area (Å²) in [5.41, 5.74) is 6.06. The van der Waals surface area contributed by atoms with Gasteiger partial charge in [0.25, 0.3) is 5.91 Å². The molecule has 2 rings (SSSR count). The number of hydrogen-bond donors (Lipinski definition) is 2. The minimum Gasteiger partial charge on any atom is -0.348 e. The van der Waals surface area contributed by atoms with Crippen LogP contribution in [-0.4, -0.2) is 18.5 Å².